The lowest BCUT2D eigenvalue weighted by Gasteiger charge is -2.43. The third-order valence-electron chi connectivity index (χ3n) is 3.21. The Morgan fingerprint density at radius 3 is 2.21 bits per heavy atom. The van der Waals surface area contributed by atoms with Gasteiger partial charge in [-0.1, -0.05) is 27.7 Å². The zero-order valence-corrected chi connectivity index (χ0v) is 12.2. The van der Waals surface area contributed by atoms with Crippen LogP contribution in [0, 0.1) is 5.92 Å². The number of hydrogen-bond donors (Lipinski definition) is 3. The van der Waals surface area contributed by atoms with Crippen molar-refractivity contribution in [1.29, 1.82) is 0 Å². The van der Waals surface area contributed by atoms with Gasteiger partial charge in [-0.25, -0.2) is 0 Å². The van der Waals surface area contributed by atoms with Gasteiger partial charge in [0.15, 0.2) is 12.1 Å². The molecule has 1 heterocycles. The first-order valence-electron chi connectivity index (χ1n) is 6.63. The fraction of sp³-hybridized carbons (Fsp3) is 0.923. The number of carbonyl (C=O) groups is 1. The Labute approximate surface area is 114 Å². The highest BCUT2D eigenvalue weighted by Gasteiger charge is 2.47. The number of methoxy groups -OCH3 is 1. The van der Waals surface area contributed by atoms with Crippen molar-refractivity contribution in [3.63, 3.8) is 0 Å². The number of aliphatic hydroxyl groups is 2. The highest BCUT2D eigenvalue weighted by molar-refractivity contribution is 5.85. The van der Waals surface area contributed by atoms with Crippen LogP contribution in [0.5, 0.6) is 0 Å². The lowest BCUT2D eigenvalue weighted by atomic mass is 9.90. The van der Waals surface area contributed by atoms with Gasteiger partial charge >= 0.3 is 0 Å². The molecule has 19 heavy (non-hydrogen) atoms. The molecule has 0 amide bonds. The molecule has 1 fully saturated rings. The summed E-state index contributed by atoms with van der Waals surface area (Å²) < 4.78 is 10.7. The second-order valence-corrected chi connectivity index (χ2v) is 5.55. The van der Waals surface area contributed by atoms with Crippen LogP contribution in [0.2, 0.25) is 0 Å². The van der Waals surface area contributed by atoms with Crippen LogP contribution in [0.1, 0.15) is 27.7 Å². The minimum absolute atomic E-state index is 0.0884. The van der Waals surface area contributed by atoms with E-state index in [4.69, 9.17) is 9.47 Å². The number of hydrogen-bond acceptors (Lipinski definition) is 6. The highest BCUT2D eigenvalue weighted by Crippen LogP contribution is 2.24. The molecule has 0 aromatic carbocycles. The predicted octanol–water partition coefficient (Wildman–Crippen LogP) is -0.329. The molecular weight excluding hydrogens is 250 g/mol. The standard InChI is InChI=1S/C13H25NO5/c1-6(2)9(15)12-11(17)10(16)8(14-7(3)4)13(18-5)19-12/h6-8,10-14,16-17H,1-5H3/t8?,10-,11+,12-,13?/m1/s1. The van der Waals surface area contributed by atoms with E-state index in [-0.39, 0.29) is 17.7 Å². The zero-order chi connectivity index (χ0) is 14.7. The zero-order valence-electron chi connectivity index (χ0n) is 12.2. The van der Waals surface area contributed by atoms with Gasteiger partial charge < -0.3 is 25.0 Å². The monoisotopic (exact) mass is 275 g/mol. The molecule has 5 atom stereocenters. The SMILES string of the molecule is COC1O[C@H](C(=O)C(C)C)[C@@H](O)[C@H](O)C1NC(C)C. The average Bonchev–Trinajstić information content (AvgIpc) is 2.34. The molecule has 112 valence electrons. The normalized spacial score (nSPS) is 35.9. The number of Topliss-reactive ketones (excluding diaryl/α,β-unsaturated/α-hetero) is 1. The van der Waals surface area contributed by atoms with Crippen LogP contribution < -0.4 is 5.32 Å². The molecule has 0 spiro atoms. The predicted molar refractivity (Wildman–Crippen MR) is 69.6 cm³/mol. The van der Waals surface area contributed by atoms with E-state index in [2.05, 4.69) is 5.32 Å². The summed E-state index contributed by atoms with van der Waals surface area (Å²) in [5.41, 5.74) is 0. The molecule has 2 unspecified atom stereocenters. The molecule has 6 heteroatoms. The van der Waals surface area contributed by atoms with Gasteiger partial charge in [0, 0.05) is 19.1 Å². The summed E-state index contributed by atoms with van der Waals surface area (Å²) in [6, 6.07) is -0.485. The largest absolute Gasteiger partial charge is 0.388 e. The minimum Gasteiger partial charge on any atom is -0.388 e. The van der Waals surface area contributed by atoms with Crippen molar-refractivity contribution in [1.82, 2.24) is 5.32 Å². The Morgan fingerprint density at radius 1 is 1.21 bits per heavy atom. The van der Waals surface area contributed by atoms with E-state index in [9.17, 15) is 15.0 Å². The van der Waals surface area contributed by atoms with E-state index >= 15 is 0 Å². The van der Waals surface area contributed by atoms with Crippen molar-refractivity contribution < 1.29 is 24.5 Å². The Bertz CT molecular complexity index is 305. The minimum atomic E-state index is -1.25. The number of carbonyl (C=O) groups excluding carboxylic acids is 1. The highest BCUT2D eigenvalue weighted by atomic mass is 16.7. The summed E-state index contributed by atoms with van der Waals surface area (Å²) >= 11 is 0. The quantitative estimate of drug-likeness (QED) is 0.637. The van der Waals surface area contributed by atoms with Gasteiger partial charge in [-0.05, 0) is 0 Å². The second kappa shape index (κ2) is 6.76. The van der Waals surface area contributed by atoms with Gasteiger partial charge in [0.05, 0.1) is 6.04 Å². The Balaban J connectivity index is 2.87. The molecule has 1 saturated heterocycles. The summed E-state index contributed by atoms with van der Waals surface area (Å²) in [5.74, 6) is -0.518. The summed E-state index contributed by atoms with van der Waals surface area (Å²) in [6.45, 7) is 7.28. The fourth-order valence-corrected chi connectivity index (χ4v) is 2.19. The Hall–Kier alpha value is -0.530. The first-order valence-corrected chi connectivity index (χ1v) is 6.63. The third kappa shape index (κ3) is 3.73. The molecule has 1 aliphatic heterocycles. The lowest BCUT2D eigenvalue weighted by molar-refractivity contribution is -0.253. The Kier molecular flexibility index (Phi) is 5.88. The van der Waals surface area contributed by atoms with Crippen LogP contribution in [-0.4, -0.2) is 59.8 Å². The number of ether oxygens (including phenoxy) is 2. The van der Waals surface area contributed by atoms with Gasteiger partial charge in [0.2, 0.25) is 0 Å². The second-order valence-electron chi connectivity index (χ2n) is 5.55. The summed E-state index contributed by atoms with van der Waals surface area (Å²) in [5, 5.41) is 23.3. The van der Waals surface area contributed by atoms with Crippen LogP contribution in [0.15, 0.2) is 0 Å². The third-order valence-corrected chi connectivity index (χ3v) is 3.21. The van der Waals surface area contributed by atoms with E-state index in [1.165, 1.54) is 7.11 Å². The number of rotatable bonds is 5. The summed E-state index contributed by atoms with van der Waals surface area (Å²) in [6.07, 6.45) is -4.19. The van der Waals surface area contributed by atoms with Gasteiger partial charge in [-0.3, -0.25) is 4.79 Å². The molecular formula is C13H25NO5. The molecule has 0 aromatic rings. The molecule has 6 nitrogen and oxygen atoms in total. The summed E-state index contributed by atoms with van der Waals surface area (Å²) in [7, 11) is 1.45. The number of nitrogens with one attached hydrogen (secondary N) is 1. The first-order chi connectivity index (χ1) is 8.79. The van der Waals surface area contributed by atoms with Crippen molar-refractivity contribution in [3.05, 3.63) is 0 Å². The van der Waals surface area contributed by atoms with Crippen molar-refractivity contribution in [2.45, 2.75) is 64.4 Å². The van der Waals surface area contributed by atoms with Gasteiger partial charge in [0.25, 0.3) is 0 Å². The maximum atomic E-state index is 12.0. The molecule has 3 N–H and O–H groups in total. The van der Waals surface area contributed by atoms with Gasteiger partial charge in [0.1, 0.15) is 18.3 Å². The topological polar surface area (TPSA) is 88.0 Å². The van der Waals surface area contributed by atoms with Crippen LogP contribution in [0.4, 0.5) is 0 Å². The molecule has 0 aromatic heterocycles. The van der Waals surface area contributed by atoms with E-state index in [1.807, 2.05) is 13.8 Å². The molecule has 0 radical (unpaired) electrons. The van der Waals surface area contributed by atoms with Gasteiger partial charge in [-0.15, -0.1) is 0 Å². The van der Waals surface area contributed by atoms with Crippen molar-refractivity contribution in [2.75, 3.05) is 7.11 Å². The van der Waals surface area contributed by atoms with Crippen molar-refractivity contribution in [2.24, 2.45) is 5.92 Å². The smallest absolute Gasteiger partial charge is 0.176 e. The number of aliphatic hydroxyl groups excluding tert-OH is 2. The van der Waals surface area contributed by atoms with Crippen LogP contribution in [0.3, 0.4) is 0 Å². The van der Waals surface area contributed by atoms with E-state index in [1.54, 1.807) is 13.8 Å². The average molecular weight is 275 g/mol. The summed E-state index contributed by atoms with van der Waals surface area (Å²) in [4.78, 5) is 12.0. The van der Waals surface area contributed by atoms with Crippen LogP contribution >= 0.6 is 0 Å². The molecule has 0 saturated carbocycles. The lowest BCUT2D eigenvalue weighted by Crippen LogP contribution is -2.65. The van der Waals surface area contributed by atoms with E-state index in [0.29, 0.717) is 0 Å². The Morgan fingerprint density at radius 2 is 1.79 bits per heavy atom. The van der Waals surface area contributed by atoms with Gasteiger partial charge in [-0.2, -0.15) is 0 Å². The first kappa shape index (κ1) is 16.5. The maximum absolute atomic E-state index is 12.0. The number of ketones is 1. The van der Waals surface area contributed by atoms with Crippen molar-refractivity contribution in [3.8, 4) is 0 Å². The molecule has 0 aliphatic carbocycles. The maximum Gasteiger partial charge on any atom is 0.176 e. The van der Waals surface area contributed by atoms with E-state index < -0.39 is 30.6 Å². The van der Waals surface area contributed by atoms with E-state index in [0.717, 1.165) is 0 Å². The molecule has 1 aliphatic rings. The van der Waals surface area contributed by atoms with Crippen molar-refractivity contribution >= 4 is 5.78 Å². The molecule has 0 bridgehead atoms. The van der Waals surface area contributed by atoms with Crippen LogP contribution in [0.25, 0.3) is 0 Å². The van der Waals surface area contributed by atoms with Crippen LogP contribution in [-0.2, 0) is 14.3 Å². The molecule has 1 rings (SSSR count). The fourth-order valence-electron chi connectivity index (χ4n) is 2.19.